The van der Waals surface area contributed by atoms with E-state index < -0.39 is 10.0 Å². The van der Waals surface area contributed by atoms with E-state index in [0.29, 0.717) is 29.2 Å². The maximum Gasteiger partial charge on any atom is 0.211 e. The molecule has 156 valence electrons. The first kappa shape index (κ1) is 23.5. The second-order valence-corrected chi connectivity index (χ2v) is 10.0. The van der Waals surface area contributed by atoms with Crippen molar-refractivity contribution in [1.29, 1.82) is 0 Å². The number of aryl methyl sites for hydroxylation is 1. The van der Waals surface area contributed by atoms with Gasteiger partial charge in [0.25, 0.3) is 0 Å². The molecule has 5 nitrogen and oxygen atoms in total. The summed E-state index contributed by atoms with van der Waals surface area (Å²) in [5, 5.41) is 4.81. The number of sulfonamides is 1. The molecule has 3 rings (SSSR count). The van der Waals surface area contributed by atoms with Crippen molar-refractivity contribution in [1.82, 2.24) is 14.2 Å². The van der Waals surface area contributed by atoms with Crippen molar-refractivity contribution in [3.63, 3.8) is 0 Å². The van der Waals surface area contributed by atoms with Crippen molar-refractivity contribution in [3.8, 4) is 5.69 Å². The van der Waals surface area contributed by atoms with Crippen LogP contribution in [0.2, 0.25) is 10.0 Å². The van der Waals surface area contributed by atoms with E-state index in [1.807, 2.05) is 12.1 Å². The highest BCUT2D eigenvalue weighted by atomic mass is 35.5. The van der Waals surface area contributed by atoms with Gasteiger partial charge in [-0.05, 0) is 56.5 Å². The number of hydrogen-bond donors (Lipinski definition) is 1. The highest BCUT2D eigenvalue weighted by Crippen LogP contribution is 2.26. The first-order chi connectivity index (χ1) is 12.6. The standard InChI is InChI=1S/C19H25Cl2N3O2S.ClH/c1-13-8-15(12-22-18-4-6-23(7-5-18)27(3,25)26)14(2)24(13)19-10-16(20)9-17(21)11-19;/h8-11,18,22H,4-7,12H2,1-3H3;1H. The molecule has 0 atom stereocenters. The zero-order chi connectivity index (χ0) is 19.8. The van der Waals surface area contributed by atoms with Crippen LogP contribution in [0.3, 0.4) is 0 Å². The first-order valence-corrected chi connectivity index (χ1v) is 11.6. The first-order valence-electron chi connectivity index (χ1n) is 8.98. The Labute approximate surface area is 183 Å². The Morgan fingerprint density at radius 1 is 1.07 bits per heavy atom. The topological polar surface area (TPSA) is 54.3 Å². The monoisotopic (exact) mass is 465 g/mol. The maximum atomic E-state index is 11.6. The normalized spacial score (nSPS) is 16.2. The van der Waals surface area contributed by atoms with Crippen LogP contribution in [0.4, 0.5) is 0 Å². The van der Waals surface area contributed by atoms with Crippen LogP contribution in [0.15, 0.2) is 24.3 Å². The van der Waals surface area contributed by atoms with E-state index in [9.17, 15) is 8.42 Å². The largest absolute Gasteiger partial charge is 0.318 e. The molecule has 0 bridgehead atoms. The number of piperidine rings is 1. The van der Waals surface area contributed by atoms with Crippen LogP contribution >= 0.6 is 35.6 Å². The Morgan fingerprint density at radius 2 is 1.64 bits per heavy atom. The van der Waals surface area contributed by atoms with Gasteiger partial charge in [-0.3, -0.25) is 0 Å². The number of hydrogen-bond acceptors (Lipinski definition) is 3. The lowest BCUT2D eigenvalue weighted by atomic mass is 10.1. The Balaban J connectivity index is 0.00000280. The van der Waals surface area contributed by atoms with E-state index in [4.69, 9.17) is 23.2 Å². The number of rotatable bonds is 5. The van der Waals surface area contributed by atoms with Gasteiger partial charge in [-0.1, -0.05) is 23.2 Å². The SMILES string of the molecule is Cc1cc(CNC2CCN(S(C)(=O)=O)CC2)c(C)n1-c1cc(Cl)cc(Cl)c1.Cl. The zero-order valence-electron chi connectivity index (χ0n) is 16.2. The minimum atomic E-state index is -3.08. The van der Waals surface area contributed by atoms with Crippen molar-refractivity contribution >= 4 is 45.6 Å². The van der Waals surface area contributed by atoms with Gasteiger partial charge in [-0.25, -0.2) is 12.7 Å². The summed E-state index contributed by atoms with van der Waals surface area (Å²) in [6.07, 6.45) is 2.93. The summed E-state index contributed by atoms with van der Waals surface area (Å²) in [6.45, 7) is 6.06. The van der Waals surface area contributed by atoms with Crippen molar-refractivity contribution in [2.75, 3.05) is 19.3 Å². The van der Waals surface area contributed by atoms with Crippen LogP contribution < -0.4 is 5.32 Å². The third-order valence-electron chi connectivity index (χ3n) is 5.15. The second-order valence-electron chi connectivity index (χ2n) is 7.18. The van der Waals surface area contributed by atoms with E-state index in [2.05, 4.69) is 29.8 Å². The van der Waals surface area contributed by atoms with Gasteiger partial charge in [0.05, 0.1) is 6.26 Å². The fourth-order valence-electron chi connectivity index (χ4n) is 3.72. The maximum absolute atomic E-state index is 11.6. The van der Waals surface area contributed by atoms with Crippen LogP contribution in [0, 0.1) is 13.8 Å². The molecule has 1 saturated heterocycles. The van der Waals surface area contributed by atoms with Crippen molar-refractivity contribution in [3.05, 3.63) is 51.3 Å². The summed E-state index contributed by atoms with van der Waals surface area (Å²) in [5.74, 6) is 0. The Bertz CT molecular complexity index is 916. The average molecular weight is 467 g/mol. The van der Waals surface area contributed by atoms with Crippen molar-refractivity contribution in [2.24, 2.45) is 0 Å². The molecule has 1 aromatic heterocycles. The Morgan fingerprint density at radius 3 is 2.18 bits per heavy atom. The lowest BCUT2D eigenvalue weighted by molar-refractivity contribution is 0.290. The van der Waals surface area contributed by atoms with Crippen molar-refractivity contribution in [2.45, 2.75) is 39.3 Å². The van der Waals surface area contributed by atoms with E-state index in [1.165, 1.54) is 11.8 Å². The van der Waals surface area contributed by atoms with E-state index in [1.54, 1.807) is 10.4 Å². The molecule has 1 aliphatic heterocycles. The lowest BCUT2D eigenvalue weighted by Crippen LogP contribution is -2.44. The predicted molar refractivity (Wildman–Crippen MR) is 119 cm³/mol. The molecule has 1 N–H and O–H groups in total. The molecular formula is C19H26Cl3N3O2S. The quantitative estimate of drug-likeness (QED) is 0.713. The predicted octanol–water partition coefficient (Wildman–Crippen LogP) is 4.34. The van der Waals surface area contributed by atoms with E-state index in [-0.39, 0.29) is 12.4 Å². The third kappa shape index (κ3) is 5.43. The number of nitrogens with zero attached hydrogens (tertiary/aromatic N) is 2. The van der Waals surface area contributed by atoms with Crippen LogP contribution in [-0.4, -0.2) is 42.7 Å². The van der Waals surface area contributed by atoms with E-state index >= 15 is 0 Å². The minimum Gasteiger partial charge on any atom is -0.318 e. The van der Waals surface area contributed by atoms with E-state index in [0.717, 1.165) is 36.5 Å². The summed E-state index contributed by atoms with van der Waals surface area (Å²) < 4.78 is 27.0. The smallest absolute Gasteiger partial charge is 0.211 e. The van der Waals surface area contributed by atoms with Gasteiger partial charge >= 0.3 is 0 Å². The molecule has 2 aromatic rings. The third-order valence-corrected chi connectivity index (χ3v) is 6.89. The van der Waals surface area contributed by atoms with Gasteiger partial charge in [-0.2, -0.15) is 0 Å². The fraction of sp³-hybridized carbons (Fsp3) is 0.474. The summed E-state index contributed by atoms with van der Waals surface area (Å²) >= 11 is 12.3. The average Bonchev–Trinajstić information content (AvgIpc) is 2.85. The highest BCUT2D eigenvalue weighted by Gasteiger charge is 2.24. The lowest BCUT2D eigenvalue weighted by Gasteiger charge is -2.30. The summed E-state index contributed by atoms with van der Waals surface area (Å²) in [4.78, 5) is 0. The molecule has 0 aliphatic carbocycles. The fourth-order valence-corrected chi connectivity index (χ4v) is 5.11. The van der Waals surface area contributed by atoms with Gasteiger partial charge in [0, 0.05) is 52.8 Å². The molecule has 28 heavy (non-hydrogen) atoms. The second kappa shape index (κ2) is 9.37. The number of nitrogens with one attached hydrogen (secondary N) is 1. The molecule has 0 amide bonds. The molecular weight excluding hydrogens is 441 g/mol. The molecule has 0 unspecified atom stereocenters. The van der Waals surface area contributed by atoms with Crippen LogP contribution in [0.1, 0.15) is 29.8 Å². The molecule has 0 spiro atoms. The molecule has 1 aliphatic rings. The van der Waals surface area contributed by atoms with Crippen molar-refractivity contribution < 1.29 is 8.42 Å². The van der Waals surface area contributed by atoms with Gasteiger partial charge < -0.3 is 9.88 Å². The van der Waals surface area contributed by atoms with Gasteiger partial charge in [0.15, 0.2) is 0 Å². The van der Waals surface area contributed by atoms with Crippen LogP contribution in [0.25, 0.3) is 5.69 Å². The summed E-state index contributed by atoms with van der Waals surface area (Å²) in [6, 6.07) is 8.04. The van der Waals surface area contributed by atoms with Gasteiger partial charge in [0.1, 0.15) is 0 Å². The minimum absolute atomic E-state index is 0. The Hall–Kier alpha value is -0.760. The molecule has 0 radical (unpaired) electrons. The zero-order valence-corrected chi connectivity index (χ0v) is 19.4. The summed E-state index contributed by atoms with van der Waals surface area (Å²) in [5.41, 5.74) is 4.44. The van der Waals surface area contributed by atoms with Crippen LogP contribution in [-0.2, 0) is 16.6 Å². The van der Waals surface area contributed by atoms with Crippen LogP contribution in [0.5, 0.6) is 0 Å². The Kier molecular flexibility index (Phi) is 7.87. The van der Waals surface area contributed by atoms with Gasteiger partial charge in [0.2, 0.25) is 10.0 Å². The number of aromatic nitrogens is 1. The molecule has 1 aromatic carbocycles. The summed E-state index contributed by atoms with van der Waals surface area (Å²) in [7, 11) is -3.08. The number of halogens is 3. The number of benzene rings is 1. The molecule has 2 heterocycles. The van der Waals surface area contributed by atoms with Gasteiger partial charge in [-0.15, -0.1) is 12.4 Å². The molecule has 1 fully saturated rings. The molecule has 9 heteroatoms. The highest BCUT2D eigenvalue weighted by molar-refractivity contribution is 7.88. The molecule has 0 saturated carbocycles.